The Morgan fingerprint density at radius 2 is 1.65 bits per heavy atom. The molecular formula is C34H33ClN4O3S. The van der Waals surface area contributed by atoms with Gasteiger partial charge in [-0.1, -0.05) is 29.8 Å². The maximum absolute atomic E-state index is 11.8. The van der Waals surface area contributed by atoms with E-state index in [9.17, 15) is 9.90 Å². The number of carboxylic acids is 1. The van der Waals surface area contributed by atoms with Crippen molar-refractivity contribution in [3.8, 4) is 33.0 Å². The average Bonchev–Trinajstić information content (AvgIpc) is 3.48. The third-order valence-electron chi connectivity index (χ3n) is 6.81. The molecule has 0 aliphatic rings. The van der Waals surface area contributed by atoms with Gasteiger partial charge >= 0.3 is 5.97 Å². The quantitative estimate of drug-likeness (QED) is 0.203. The van der Waals surface area contributed by atoms with Gasteiger partial charge in [-0.15, -0.1) is 11.3 Å². The van der Waals surface area contributed by atoms with E-state index in [4.69, 9.17) is 21.7 Å². The number of aliphatic hydroxyl groups is 1. The first-order valence-corrected chi connectivity index (χ1v) is 15.0. The molecule has 3 heterocycles. The van der Waals surface area contributed by atoms with Gasteiger partial charge in [0.2, 0.25) is 0 Å². The first-order chi connectivity index (χ1) is 20.3. The minimum Gasteiger partial charge on any atom is -0.481 e. The van der Waals surface area contributed by atoms with Gasteiger partial charge < -0.3 is 10.2 Å². The Morgan fingerprint density at radius 3 is 2.33 bits per heavy atom. The molecule has 2 N–H and O–H groups in total. The highest BCUT2D eigenvalue weighted by Gasteiger charge is 2.20. The van der Waals surface area contributed by atoms with Crippen molar-refractivity contribution in [2.75, 3.05) is 0 Å². The molecule has 0 aliphatic heterocycles. The van der Waals surface area contributed by atoms with Gasteiger partial charge in [-0.05, 0) is 93.8 Å². The molecule has 6 aromatic rings. The summed E-state index contributed by atoms with van der Waals surface area (Å²) < 4.78 is 2.84. The lowest BCUT2D eigenvalue weighted by Gasteiger charge is -2.13. The molecule has 3 aromatic carbocycles. The number of halogens is 1. The number of aryl methyl sites for hydroxylation is 3. The maximum atomic E-state index is 11.8. The van der Waals surface area contributed by atoms with E-state index in [0.717, 1.165) is 70.9 Å². The van der Waals surface area contributed by atoms with Gasteiger partial charge in [0, 0.05) is 40.3 Å². The zero-order valence-corrected chi connectivity index (χ0v) is 26.5. The van der Waals surface area contributed by atoms with E-state index >= 15 is 0 Å². The number of nitrogens with zero attached hydrogens (tertiary/aromatic N) is 4. The lowest BCUT2D eigenvalue weighted by Crippen LogP contribution is -2.10. The average molecular weight is 613 g/mol. The van der Waals surface area contributed by atoms with E-state index in [1.54, 1.807) is 38.3 Å². The Balaban J connectivity index is 0.000000682. The Kier molecular flexibility index (Phi) is 8.38. The number of aromatic nitrogens is 4. The second-order valence-electron chi connectivity index (χ2n) is 11.5. The van der Waals surface area contributed by atoms with E-state index in [-0.39, 0.29) is 6.42 Å². The monoisotopic (exact) mass is 612 g/mol. The molecule has 3 aromatic heterocycles. The minimum atomic E-state index is -0.869. The first-order valence-electron chi connectivity index (χ1n) is 13.8. The van der Waals surface area contributed by atoms with Crippen molar-refractivity contribution in [3.05, 3.63) is 88.7 Å². The molecule has 6 rings (SSSR count). The first kappa shape index (κ1) is 30.4. The van der Waals surface area contributed by atoms with Crippen LogP contribution in [0.1, 0.15) is 37.6 Å². The van der Waals surface area contributed by atoms with Crippen LogP contribution >= 0.6 is 22.9 Å². The molecule has 220 valence electrons. The number of hydrogen-bond donors (Lipinski definition) is 2. The minimum absolute atomic E-state index is 0.0669. The fourth-order valence-corrected chi connectivity index (χ4v) is 6.24. The molecular weight excluding hydrogens is 580 g/mol. The van der Waals surface area contributed by atoms with E-state index in [0.29, 0.717) is 5.02 Å². The molecule has 0 fully saturated rings. The summed E-state index contributed by atoms with van der Waals surface area (Å²) in [4.78, 5) is 21.4. The summed E-state index contributed by atoms with van der Waals surface area (Å²) in [5.74, 6) is -0.869. The van der Waals surface area contributed by atoms with Gasteiger partial charge in [0.1, 0.15) is 5.01 Å². The van der Waals surface area contributed by atoms with E-state index in [1.165, 1.54) is 0 Å². The second-order valence-corrected chi connectivity index (χ2v) is 13.0. The summed E-state index contributed by atoms with van der Waals surface area (Å²) in [7, 11) is 1.95. The van der Waals surface area contributed by atoms with E-state index in [1.807, 2.05) is 62.0 Å². The Bertz CT molecular complexity index is 1960. The van der Waals surface area contributed by atoms with Crippen LogP contribution < -0.4 is 0 Å². The number of rotatable bonds is 5. The normalized spacial score (nSPS) is 11.5. The number of thiazole rings is 1. The van der Waals surface area contributed by atoms with Crippen molar-refractivity contribution < 1.29 is 15.0 Å². The van der Waals surface area contributed by atoms with Crippen molar-refractivity contribution in [1.29, 1.82) is 0 Å². The molecule has 0 spiro atoms. The molecule has 7 nitrogen and oxygen atoms in total. The SMILES string of the molecule is CC(C)(C)O.Cc1cc2nc(-c3ccnc(-c4ccc5c(c4)c(C)nn5C)c3)sc2c(-c2ccc(Cl)cc2)c1CC(=O)O. The second kappa shape index (κ2) is 11.9. The van der Waals surface area contributed by atoms with Crippen molar-refractivity contribution in [3.63, 3.8) is 0 Å². The van der Waals surface area contributed by atoms with Crippen LogP contribution in [-0.4, -0.2) is 41.5 Å². The summed E-state index contributed by atoms with van der Waals surface area (Å²) in [6.07, 6.45) is 1.74. The molecule has 0 saturated carbocycles. The van der Waals surface area contributed by atoms with Crippen molar-refractivity contribution in [2.24, 2.45) is 7.05 Å². The fourth-order valence-electron chi connectivity index (χ4n) is 4.98. The summed E-state index contributed by atoms with van der Waals surface area (Å²) in [6.45, 7) is 9.18. The largest absolute Gasteiger partial charge is 0.481 e. The highest BCUT2D eigenvalue weighted by atomic mass is 35.5. The molecule has 0 unspecified atom stereocenters. The number of carboxylic acid groups (broad SMARTS) is 1. The van der Waals surface area contributed by atoms with E-state index < -0.39 is 11.6 Å². The smallest absolute Gasteiger partial charge is 0.307 e. The van der Waals surface area contributed by atoms with Crippen LogP contribution in [-0.2, 0) is 18.3 Å². The van der Waals surface area contributed by atoms with Crippen LogP contribution in [0.3, 0.4) is 0 Å². The highest BCUT2D eigenvalue weighted by molar-refractivity contribution is 7.22. The van der Waals surface area contributed by atoms with Crippen molar-refractivity contribution >= 4 is 50.0 Å². The molecule has 43 heavy (non-hydrogen) atoms. The van der Waals surface area contributed by atoms with Gasteiger partial charge in [-0.3, -0.25) is 14.5 Å². The number of carbonyl (C=O) groups is 1. The maximum Gasteiger partial charge on any atom is 0.307 e. The van der Waals surface area contributed by atoms with Crippen LogP contribution in [0.2, 0.25) is 5.02 Å². The fraction of sp³-hybridized carbons (Fsp3) is 0.235. The van der Waals surface area contributed by atoms with E-state index in [2.05, 4.69) is 34.3 Å². The third kappa shape index (κ3) is 6.77. The van der Waals surface area contributed by atoms with Crippen LogP contribution in [0.15, 0.2) is 66.9 Å². The van der Waals surface area contributed by atoms with Gasteiger partial charge in [0.15, 0.2) is 0 Å². The number of hydrogen-bond acceptors (Lipinski definition) is 6. The zero-order chi connectivity index (χ0) is 31.1. The lowest BCUT2D eigenvalue weighted by atomic mass is 9.93. The van der Waals surface area contributed by atoms with Gasteiger partial charge in [0.05, 0.1) is 39.1 Å². The van der Waals surface area contributed by atoms with Crippen LogP contribution in [0, 0.1) is 13.8 Å². The standard InChI is InChI=1S/C30H23ClN4O2S.C4H10O/c1-16-12-25-29(28(22(16)15-27(36)37)18-4-7-21(31)8-5-18)38-30(33-25)20-10-11-32-24(14-20)19-6-9-26-23(13-19)17(2)34-35(26)3;1-4(2,3)5/h4-14H,15H2,1-3H3,(H,36,37);5H,1-3H3. The number of fused-ring (bicyclic) bond motifs is 2. The predicted octanol–water partition coefficient (Wildman–Crippen LogP) is 8.25. The summed E-state index contributed by atoms with van der Waals surface area (Å²) in [6, 6.07) is 19.8. The van der Waals surface area contributed by atoms with Gasteiger partial charge in [-0.2, -0.15) is 5.10 Å². The molecule has 0 aliphatic carbocycles. The molecule has 0 bridgehead atoms. The third-order valence-corrected chi connectivity index (χ3v) is 8.20. The highest BCUT2D eigenvalue weighted by Crippen LogP contribution is 2.41. The Hall–Kier alpha value is -4.11. The number of benzene rings is 3. The van der Waals surface area contributed by atoms with Crippen LogP contribution in [0.4, 0.5) is 0 Å². The van der Waals surface area contributed by atoms with Gasteiger partial charge in [0.25, 0.3) is 0 Å². The van der Waals surface area contributed by atoms with Crippen molar-refractivity contribution in [1.82, 2.24) is 19.7 Å². The molecule has 0 radical (unpaired) electrons. The molecule has 0 atom stereocenters. The molecule has 0 saturated heterocycles. The summed E-state index contributed by atoms with van der Waals surface area (Å²) >= 11 is 7.71. The topological polar surface area (TPSA) is 101 Å². The van der Waals surface area contributed by atoms with Crippen molar-refractivity contribution in [2.45, 2.75) is 46.6 Å². The molecule has 9 heteroatoms. The number of pyridine rings is 1. The Labute approximate surface area is 259 Å². The zero-order valence-electron chi connectivity index (χ0n) is 24.9. The van der Waals surface area contributed by atoms with Crippen LogP contribution in [0.25, 0.3) is 54.1 Å². The Morgan fingerprint density at radius 1 is 0.977 bits per heavy atom. The molecule has 0 amide bonds. The van der Waals surface area contributed by atoms with Crippen LogP contribution in [0.5, 0.6) is 0 Å². The summed E-state index contributed by atoms with van der Waals surface area (Å²) in [5, 5.41) is 25.3. The predicted molar refractivity (Wildman–Crippen MR) is 176 cm³/mol. The van der Waals surface area contributed by atoms with Gasteiger partial charge in [-0.25, -0.2) is 4.98 Å². The number of aliphatic carboxylic acids is 1. The lowest BCUT2D eigenvalue weighted by molar-refractivity contribution is -0.136. The summed E-state index contributed by atoms with van der Waals surface area (Å²) in [5.41, 5.74) is 8.73.